The Morgan fingerprint density at radius 2 is 1.82 bits per heavy atom. The predicted molar refractivity (Wildman–Crippen MR) is 104 cm³/mol. The summed E-state index contributed by atoms with van der Waals surface area (Å²) < 4.78 is 1.43. The molecule has 1 N–H and O–H groups in total. The number of carbonyl (C=O) groups excluding carboxylic acids is 2. The van der Waals surface area contributed by atoms with Crippen molar-refractivity contribution in [1.29, 1.82) is 0 Å². The molecule has 4 rings (SSSR count). The van der Waals surface area contributed by atoms with Crippen LogP contribution in [0.5, 0.6) is 0 Å². The molecule has 3 amide bonds. The van der Waals surface area contributed by atoms with Gasteiger partial charge in [-0.1, -0.05) is 29.8 Å². The minimum absolute atomic E-state index is 0.0898. The van der Waals surface area contributed by atoms with E-state index in [0.29, 0.717) is 21.9 Å². The number of fused-ring (bicyclic) bond motifs is 1. The Balaban J connectivity index is 1.67. The molecule has 0 radical (unpaired) electrons. The first-order valence-corrected chi connectivity index (χ1v) is 9.05. The predicted octanol–water partition coefficient (Wildman–Crippen LogP) is 2.62. The van der Waals surface area contributed by atoms with Crippen LogP contribution < -0.4 is 10.9 Å². The molecule has 28 heavy (non-hydrogen) atoms. The van der Waals surface area contributed by atoms with Crippen LogP contribution in [0.2, 0.25) is 5.02 Å². The molecule has 1 atom stereocenters. The molecule has 1 aliphatic heterocycles. The van der Waals surface area contributed by atoms with Gasteiger partial charge >= 0.3 is 6.03 Å². The first-order chi connectivity index (χ1) is 13.3. The van der Waals surface area contributed by atoms with Gasteiger partial charge in [-0.25, -0.2) is 9.78 Å². The maximum absolute atomic E-state index is 13.0. The summed E-state index contributed by atoms with van der Waals surface area (Å²) in [5.74, 6) is -0.411. The molecule has 1 unspecified atom stereocenters. The van der Waals surface area contributed by atoms with Crippen LogP contribution in [-0.2, 0) is 16.9 Å². The third kappa shape index (κ3) is 2.93. The van der Waals surface area contributed by atoms with Crippen molar-refractivity contribution >= 4 is 29.2 Å². The van der Waals surface area contributed by atoms with Crippen molar-refractivity contribution in [2.75, 3.05) is 0 Å². The third-order valence-corrected chi connectivity index (χ3v) is 5.13. The molecule has 3 heterocycles. The molecule has 0 aliphatic carbocycles. The summed E-state index contributed by atoms with van der Waals surface area (Å²) in [5.41, 5.74) is 0.885. The van der Waals surface area contributed by atoms with Gasteiger partial charge < -0.3 is 5.32 Å². The quantitative estimate of drug-likeness (QED) is 0.690. The monoisotopic (exact) mass is 396 g/mol. The Kier molecular flexibility index (Phi) is 4.19. The van der Waals surface area contributed by atoms with Gasteiger partial charge in [-0.3, -0.25) is 18.9 Å². The van der Waals surface area contributed by atoms with Gasteiger partial charge in [0.25, 0.3) is 11.5 Å². The second kappa shape index (κ2) is 6.45. The summed E-state index contributed by atoms with van der Waals surface area (Å²) in [4.78, 5) is 43.4. The Bertz CT molecular complexity index is 1170. The Morgan fingerprint density at radius 3 is 2.54 bits per heavy atom. The summed E-state index contributed by atoms with van der Waals surface area (Å²) in [5, 5.41) is 3.27. The van der Waals surface area contributed by atoms with E-state index in [9.17, 15) is 14.4 Å². The molecular weight excluding hydrogens is 380 g/mol. The van der Waals surface area contributed by atoms with Crippen LogP contribution in [-0.4, -0.2) is 26.2 Å². The number of imide groups is 1. The SMILES string of the molecule is Cc1ccc2nc(CN3C(=O)NC(C)(c4ccc(Cl)cc4)C3=O)cc(=O)n2c1. The highest BCUT2D eigenvalue weighted by atomic mass is 35.5. The number of rotatable bonds is 3. The third-order valence-electron chi connectivity index (χ3n) is 4.88. The lowest BCUT2D eigenvalue weighted by Gasteiger charge is -2.22. The fraction of sp³-hybridized carbons (Fsp3) is 0.200. The lowest BCUT2D eigenvalue weighted by molar-refractivity contribution is -0.131. The van der Waals surface area contributed by atoms with Crippen molar-refractivity contribution in [2.45, 2.75) is 25.9 Å². The molecule has 1 aliphatic rings. The van der Waals surface area contributed by atoms with Crippen LogP contribution in [0.1, 0.15) is 23.7 Å². The maximum Gasteiger partial charge on any atom is 0.325 e. The average molecular weight is 397 g/mol. The molecule has 142 valence electrons. The van der Waals surface area contributed by atoms with Crippen LogP contribution in [0.3, 0.4) is 0 Å². The number of amides is 3. The molecule has 8 heteroatoms. The number of benzene rings is 1. The smallest absolute Gasteiger partial charge is 0.319 e. The van der Waals surface area contributed by atoms with E-state index in [1.165, 1.54) is 10.5 Å². The molecule has 2 aromatic heterocycles. The number of aryl methyl sites for hydroxylation is 1. The second-order valence-corrected chi connectivity index (χ2v) is 7.41. The van der Waals surface area contributed by atoms with Crippen molar-refractivity contribution in [3.05, 3.63) is 80.9 Å². The number of urea groups is 1. The summed E-state index contributed by atoms with van der Waals surface area (Å²) >= 11 is 5.91. The number of nitrogens with one attached hydrogen (secondary N) is 1. The van der Waals surface area contributed by atoms with E-state index in [2.05, 4.69) is 10.3 Å². The highest BCUT2D eigenvalue weighted by molar-refractivity contribution is 6.30. The zero-order valence-corrected chi connectivity index (χ0v) is 16.0. The van der Waals surface area contributed by atoms with Gasteiger partial charge in [-0.15, -0.1) is 0 Å². The first kappa shape index (κ1) is 18.2. The largest absolute Gasteiger partial charge is 0.325 e. The number of nitrogens with zero attached hydrogens (tertiary/aromatic N) is 3. The van der Waals surface area contributed by atoms with Gasteiger partial charge in [0.05, 0.1) is 12.2 Å². The van der Waals surface area contributed by atoms with Crippen molar-refractivity contribution in [2.24, 2.45) is 0 Å². The number of halogens is 1. The lowest BCUT2D eigenvalue weighted by Crippen LogP contribution is -2.40. The number of hydrogen-bond acceptors (Lipinski definition) is 4. The van der Waals surface area contributed by atoms with E-state index in [0.717, 1.165) is 10.5 Å². The van der Waals surface area contributed by atoms with E-state index in [-0.39, 0.29) is 12.1 Å². The van der Waals surface area contributed by atoms with Crippen LogP contribution >= 0.6 is 11.6 Å². The molecule has 1 aromatic carbocycles. The van der Waals surface area contributed by atoms with E-state index in [1.54, 1.807) is 43.5 Å². The van der Waals surface area contributed by atoms with E-state index in [1.807, 2.05) is 13.0 Å². The van der Waals surface area contributed by atoms with Gasteiger partial charge in [0.2, 0.25) is 0 Å². The molecular formula is C20H17ClN4O3. The molecule has 3 aromatic rings. The number of carbonyl (C=O) groups is 2. The van der Waals surface area contributed by atoms with Crippen LogP contribution in [0, 0.1) is 6.92 Å². The fourth-order valence-electron chi connectivity index (χ4n) is 3.32. The molecule has 1 saturated heterocycles. The van der Waals surface area contributed by atoms with Crippen molar-refractivity contribution in [3.8, 4) is 0 Å². The van der Waals surface area contributed by atoms with Crippen LogP contribution in [0.15, 0.2) is 53.5 Å². The number of aromatic nitrogens is 2. The summed E-state index contributed by atoms with van der Waals surface area (Å²) in [6.07, 6.45) is 1.69. The Morgan fingerprint density at radius 1 is 1.11 bits per heavy atom. The van der Waals surface area contributed by atoms with E-state index >= 15 is 0 Å². The van der Waals surface area contributed by atoms with Gasteiger partial charge in [-0.2, -0.15) is 0 Å². The fourth-order valence-corrected chi connectivity index (χ4v) is 3.45. The summed E-state index contributed by atoms with van der Waals surface area (Å²) in [6.45, 7) is 3.43. The first-order valence-electron chi connectivity index (χ1n) is 8.67. The zero-order valence-electron chi connectivity index (χ0n) is 15.3. The molecule has 1 fully saturated rings. The van der Waals surface area contributed by atoms with Crippen LogP contribution in [0.25, 0.3) is 5.65 Å². The second-order valence-electron chi connectivity index (χ2n) is 6.97. The summed E-state index contributed by atoms with van der Waals surface area (Å²) in [7, 11) is 0. The molecule has 7 nitrogen and oxygen atoms in total. The Labute approximate surface area is 165 Å². The van der Waals surface area contributed by atoms with E-state index in [4.69, 9.17) is 11.6 Å². The van der Waals surface area contributed by atoms with Gasteiger partial charge in [0, 0.05) is 17.3 Å². The van der Waals surface area contributed by atoms with Gasteiger partial charge in [0.1, 0.15) is 11.2 Å². The standard InChI is InChI=1S/C20H17ClN4O3/c1-12-3-8-16-22-15(9-17(26)24(16)10-12)11-25-18(27)20(2,23-19(25)28)13-4-6-14(21)7-5-13/h3-10H,11H2,1-2H3,(H,23,28). The molecule has 0 bridgehead atoms. The molecule has 0 spiro atoms. The van der Waals surface area contributed by atoms with Crippen LogP contribution in [0.4, 0.5) is 4.79 Å². The minimum atomic E-state index is -1.20. The number of hydrogen-bond donors (Lipinski definition) is 1. The zero-order chi connectivity index (χ0) is 20.1. The van der Waals surface area contributed by atoms with Gasteiger partial charge in [-0.05, 0) is 43.2 Å². The topological polar surface area (TPSA) is 83.8 Å². The lowest BCUT2D eigenvalue weighted by atomic mass is 9.92. The molecule has 0 saturated carbocycles. The highest BCUT2D eigenvalue weighted by Crippen LogP contribution is 2.30. The normalized spacial score (nSPS) is 19.3. The highest BCUT2D eigenvalue weighted by Gasteiger charge is 2.49. The van der Waals surface area contributed by atoms with Crippen molar-refractivity contribution in [3.63, 3.8) is 0 Å². The minimum Gasteiger partial charge on any atom is -0.319 e. The van der Waals surface area contributed by atoms with E-state index < -0.39 is 17.5 Å². The van der Waals surface area contributed by atoms with Crippen molar-refractivity contribution < 1.29 is 9.59 Å². The maximum atomic E-state index is 13.0. The van der Waals surface area contributed by atoms with Crippen molar-refractivity contribution in [1.82, 2.24) is 19.6 Å². The summed E-state index contributed by atoms with van der Waals surface area (Å²) in [6, 6.07) is 11.1. The Hall–Kier alpha value is -3.19. The van der Waals surface area contributed by atoms with Gasteiger partial charge in [0.15, 0.2) is 0 Å². The number of pyridine rings is 1. The average Bonchev–Trinajstić information content (AvgIpc) is 2.87.